The van der Waals surface area contributed by atoms with Crippen molar-refractivity contribution in [3.63, 3.8) is 0 Å². The van der Waals surface area contributed by atoms with Gasteiger partial charge in [-0.3, -0.25) is 4.79 Å². The summed E-state index contributed by atoms with van der Waals surface area (Å²) in [6.07, 6.45) is 9.11. The van der Waals surface area contributed by atoms with E-state index in [1.165, 1.54) is 43.0 Å². The van der Waals surface area contributed by atoms with E-state index >= 15 is 0 Å². The van der Waals surface area contributed by atoms with Crippen molar-refractivity contribution in [2.24, 2.45) is 12.5 Å². The second-order valence-corrected chi connectivity index (χ2v) is 9.39. The van der Waals surface area contributed by atoms with Gasteiger partial charge in [0, 0.05) is 20.1 Å². The molecule has 6 heteroatoms. The molecule has 6 nitrogen and oxygen atoms in total. The highest BCUT2D eigenvalue weighted by Gasteiger charge is 2.40. The van der Waals surface area contributed by atoms with Crippen LogP contribution in [0.15, 0.2) is 35.4 Å². The molecule has 1 aliphatic heterocycles. The van der Waals surface area contributed by atoms with Gasteiger partial charge in [-0.25, -0.2) is 9.78 Å². The molecule has 29 heavy (non-hydrogen) atoms. The van der Waals surface area contributed by atoms with Gasteiger partial charge in [-0.2, -0.15) is 0 Å². The number of amides is 1. The molecule has 4 rings (SSSR count). The predicted octanol–water partition coefficient (Wildman–Crippen LogP) is 4.51. The van der Waals surface area contributed by atoms with Crippen molar-refractivity contribution in [1.29, 1.82) is 0 Å². The quantitative estimate of drug-likeness (QED) is 0.654. The monoisotopic (exact) mass is 399 g/mol. The third kappa shape index (κ3) is 5.37. The summed E-state index contributed by atoms with van der Waals surface area (Å²) in [6.45, 7) is 7.58. The van der Waals surface area contributed by atoms with E-state index in [0.717, 1.165) is 25.0 Å². The van der Waals surface area contributed by atoms with Crippen LogP contribution >= 0.6 is 0 Å². The number of hydrogen-bond acceptors (Lipinski definition) is 4. The third-order valence-electron chi connectivity index (χ3n) is 5.80. The molecular weight excluding hydrogens is 366 g/mol. The lowest BCUT2D eigenvalue weighted by atomic mass is 9.78. The summed E-state index contributed by atoms with van der Waals surface area (Å²) in [6, 6.07) is 7.32. The van der Waals surface area contributed by atoms with E-state index in [2.05, 4.69) is 4.98 Å². The lowest BCUT2D eigenvalue weighted by Gasteiger charge is -2.40. The van der Waals surface area contributed by atoms with E-state index in [1.807, 2.05) is 43.9 Å². The number of hydrogen-bond donors (Lipinski definition) is 0. The second kappa shape index (κ2) is 8.56. The highest BCUT2D eigenvalue weighted by atomic mass is 16.6. The molecule has 0 bridgehead atoms. The number of rotatable bonds is 0. The van der Waals surface area contributed by atoms with Crippen molar-refractivity contribution in [3.8, 4) is 0 Å². The molecule has 2 aromatic rings. The zero-order valence-corrected chi connectivity index (χ0v) is 18.1. The zero-order chi connectivity index (χ0) is 21.1. The van der Waals surface area contributed by atoms with E-state index < -0.39 is 0 Å². The highest BCUT2D eigenvalue weighted by molar-refractivity contribution is 5.76. The molecule has 0 atom stereocenters. The first kappa shape index (κ1) is 21.3. The molecule has 1 spiro atoms. The summed E-state index contributed by atoms with van der Waals surface area (Å²) in [5, 5.41) is 0.669. The van der Waals surface area contributed by atoms with Gasteiger partial charge in [-0.15, -0.1) is 0 Å². The molecule has 1 saturated carbocycles. The fourth-order valence-corrected chi connectivity index (χ4v) is 4.38. The minimum absolute atomic E-state index is 0.000556. The average Bonchev–Trinajstić information content (AvgIpc) is 3.12. The normalized spacial score (nSPS) is 18.4. The number of nitrogens with zero attached hydrogens (tertiary/aromatic N) is 3. The first-order valence-corrected chi connectivity index (χ1v) is 10.6. The molecule has 1 aliphatic carbocycles. The molecule has 0 unspecified atom stereocenters. The van der Waals surface area contributed by atoms with Crippen molar-refractivity contribution >= 4 is 17.0 Å². The molecule has 158 valence electrons. The van der Waals surface area contributed by atoms with E-state index in [0.29, 0.717) is 10.8 Å². The lowest BCUT2D eigenvalue weighted by Crippen LogP contribution is -2.46. The van der Waals surface area contributed by atoms with Crippen LogP contribution in [0.1, 0.15) is 59.3 Å². The minimum atomic E-state index is -0.378. The first-order valence-electron chi connectivity index (χ1n) is 10.6. The molecule has 1 aromatic carbocycles. The fourth-order valence-electron chi connectivity index (χ4n) is 4.38. The Kier molecular flexibility index (Phi) is 6.30. The summed E-state index contributed by atoms with van der Waals surface area (Å²) in [7, 11) is 1.70. The molecule has 1 saturated heterocycles. The van der Waals surface area contributed by atoms with Crippen LogP contribution in [0.5, 0.6) is 0 Å². The van der Waals surface area contributed by atoms with Crippen molar-refractivity contribution in [2.45, 2.75) is 64.9 Å². The number of piperidine rings is 1. The Morgan fingerprint density at radius 1 is 1.10 bits per heavy atom. The zero-order valence-electron chi connectivity index (χ0n) is 18.1. The maximum Gasteiger partial charge on any atom is 0.410 e. The van der Waals surface area contributed by atoms with Gasteiger partial charge in [-0.05, 0) is 64.0 Å². The van der Waals surface area contributed by atoms with Crippen LogP contribution in [-0.2, 0) is 11.8 Å². The van der Waals surface area contributed by atoms with Crippen LogP contribution in [0, 0.1) is 5.41 Å². The van der Waals surface area contributed by atoms with Crippen molar-refractivity contribution in [2.75, 3.05) is 13.1 Å². The maximum atomic E-state index is 12.1. The van der Waals surface area contributed by atoms with E-state index in [9.17, 15) is 9.59 Å². The Morgan fingerprint density at radius 2 is 1.76 bits per heavy atom. The number of benzene rings is 1. The SMILES string of the molecule is CC(C)(C)OC(=O)N1CCCC2(CCCC2)C1.Cn1cnc2ccccc2c1=O. The summed E-state index contributed by atoms with van der Waals surface area (Å²) >= 11 is 0. The molecule has 2 heterocycles. The van der Waals surface area contributed by atoms with Crippen LogP contribution in [0.2, 0.25) is 0 Å². The number of carbonyl (C=O) groups excluding carboxylic acids is 1. The van der Waals surface area contributed by atoms with Gasteiger partial charge in [0.25, 0.3) is 5.56 Å². The predicted molar refractivity (Wildman–Crippen MR) is 115 cm³/mol. The van der Waals surface area contributed by atoms with Crippen molar-refractivity contribution < 1.29 is 9.53 Å². The number of fused-ring (bicyclic) bond motifs is 1. The van der Waals surface area contributed by atoms with Gasteiger partial charge in [0.05, 0.1) is 17.2 Å². The maximum absolute atomic E-state index is 12.1. The summed E-state index contributed by atoms with van der Waals surface area (Å²) in [5.74, 6) is 0. The van der Waals surface area contributed by atoms with E-state index in [-0.39, 0.29) is 17.3 Å². The molecule has 0 radical (unpaired) electrons. The molecule has 2 fully saturated rings. The molecule has 2 aliphatic rings. The van der Waals surface area contributed by atoms with Crippen LogP contribution in [0.4, 0.5) is 4.79 Å². The van der Waals surface area contributed by atoms with Gasteiger partial charge in [0.15, 0.2) is 0 Å². The van der Waals surface area contributed by atoms with Crippen LogP contribution in [-0.4, -0.2) is 39.2 Å². The van der Waals surface area contributed by atoms with Crippen molar-refractivity contribution in [3.05, 3.63) is 40.9 Å². The molecule has 0 N–H and O–H groups in total. The van der Waals surface area contributed by atoms with Crippen molar-refractivity contribution in [1.82, 2.24) is 14.5 Å². The largest absolute Gasteiger partial charge is 0.444 e. The third-order valence-corrected chi connectivity index (χ3v) is 5.80. The molecule has 1 amide bonds. The van der Waals surface area contributed by atoms with E-state index in [4.69, 9.17) is 4.74 Å². The van der Waals surface area contributed by atoms with Gasteiger partial charge in [0.1, 0.15) is 5.60 Å². The highest BCUT2D eigenvalue weighted by Crippen LogP contribution is 2.44. The average molecular weight is 400 g/mol. The molecule has 1 aromatic heterocycles. The minimum Gasteiger partial charge on any atom is -0.444 e. The Morgan fingerprint density at radius 3 is 2.45 bits per heavy atom. The van der Waals surface area contributed by atoms with Gasteiger partial charge in [0.2, 0.25) is 0 Å². The van der Waals surface area contributed by atoms with Crippen LogP contribution in [0.25, 0.3) is 10.9 Å². The summed E-state index contributed by atoms with van der Waals surface area (Å²) < 4.78 is 6.94. The summed E-state index contributed by atoms with van der Waals surface area (Å²) in [4.78, 5) is 29.5. The van der Waals surface area contributed by atoms with Crippen LogP contribution in [0.3, 0.4) is 0 Å². The summed E-state index contributed by atoms with van der Waals surface area (Å²) in [5.41, 5.74) is 0.799. The number of para-hydroxylation sites is 1. The topological polar surface area (TPSA) is 64.4 Å². The Bertz CT molecular complexity index is 907. The number of carbonyl (C=O) groups is 1. The van der Waals surface area contributed by atoms with Gasteiger partial charge < -0.3 is 14.2 Å². The Labute approximate surface area is 172 Å². The van der Waals surface area contributed by atoms with Crippen LogP contribution < -0.4 is 5.56 Å². The van der Waals surface area contributed by atoms with Gasteiger partial charge in [-0.1, -0.05) is 25.0 Å². The Balaban J connectivity index is 0.000000176. The lowest BCUT2D eigenvalue weighted by molar-refractivity contribution is 0.00499. The standard InChI is InChI=1S/C14H25NO2.C9H8N2O/c1-13(2,3)17-12(16)15-10-6-9-14(11-15)7-4-5-8-14;1-11-6-10-8-5-3-2-4-7(8)9(11)12/h4-11H2,1-3H3;2-6H,1H3. The first-order chi connectivity index (χ1) is 13.7. The fraction of sp³-hybridized carbons (Fsp3) is 0.609. The number of ether oxygens (including phenoxy) is 1. The number of aromatic nitrogens is 2. The van der Waals surface area contributed by atoms with Gasteiger partial charge >= 0.3 is 6.09 Å². The Hall–Kier alpha value is -2.37. The number of aryl methyl sites for hydroxylation is 1. The van der Waals surface area contributed by atoms with E-state index in [1.54, 1.807) is 13.1 Å². The second-order valence-electron chi connectivity index (χ2n) is 9.39. The molecular formula is C23H33N3O3. The number of likely N-dealkylation sites (tertiary alicyclic amines) is 1. The smallest absolute Gasteiger partial charge is 0.410 e.